The maximum Gasteiger partial charge on any atom is 0.255 e. The van der Waals surface area contributed by atoms with Crippen LogP contribution in [0.15, 0.2) is 24.3 Å². The molecule has 0 spiro atoms. The van der Waals surface area contributed by atoms with Crippen LogP contribution in [0.5, 0.6) is 5.75 Å². The molecule has 5 heteroatoms. The topological polar surface area (TPSA) is 64.3 Å². The van der Waals surface area contributed by atoms with Crippen molar-refractivity contribution < 1.29 is 9.53 Å². The lowest BCUT2D eigenvalue weighted by Crippen LogP contribution is -2.37. The summed E-state index contributed by atoms with van der Waals surface area (Å²) in [6.45, 7) is 1.98. The molecule has 0 aliphatic carbocycles. The third-order valence-corrected chi connectivity index (χ3v) is 2.79. The molecule has 1 rings (SSSR count). The van der Waals surface area contributed by atoms with Crippen LogP contribution in [-0.4, -0.2) is 24.0 Å². The third-order valence-electron chi connectivity index (χ3n) is 2.63. The van der Waals surface area contributed by atoms with Crippen molar-refractivity contribution in [1.82, 2.24) is 5.32 Å². The van der Waals surface area contributed by atoms with E-state index in [0.717, 1.165) is 6.42 Å². The summed E-state index contributed by atoms with van der Waals surface area (Å²) in [5.74, 6) is 0.385. The standard InChI is InChI=1S/C13H18N2O2S/c1-3-9(8-12(14)18)15-13(16)10-6-4-5-7-11(10)17-2/h4-7,9H,3,8H2,1-2H3,(H2,14,18)(H,15,16). The summed E-state index contributed by atoms with van der Waals surface area (Å²) >= 11 is 4.86. The summed E-state index contributed by atoms with van der Waals surface area (Å²) in [5.41, 5.74) is 6.01. The zero-order chi connectivity index (χ0) is 13.5. The van der Waals surface area contributed by atoms with Crippen molar-refractivity contribution >= 4 is 23.1 Å². The number of carbonyl (C=O) groups is 1. The predicted molar refractivity (Wildman–Crippen MR) is 75.9 cm³/mol. The highest BCUT2D eigenvalue weighted by molar-refractivity contribution is 7.80. The van der Waals surface area contributed by atoms with Gasteiger partial charge in [-0.05, 0) is 18.6 Å². The lowest BCUT2D eigenvalue weighted by Gasteiger charge is -2.17. The van der Waals surface area contributed by atoms with Crippen molar-refractivity contribution in [3.8, 4) is 5.75 Å². The van der Waals surface area contributed by atoms with Crippen molar-refractivity contribution in [3.05, 3.63) is 29.8 Å². The van der Waals surface area contributed by atoms with Gasteiger partial charge in [-0.15, -0.1) is 0 Å². The van der Waals surface area contributed by atoms with Gasteiger partial charge in [-0.3, -0.25) is 4.79 Å². The van der Waals surface area contributed by atoms with Gasteiger partial charge in [-0.2, -0.15) is 0 Å². The molecule has 0 saturated carbocycles. The fraction of sp³-hybridized carbons (Fsp3) is 0.385. The molecule has 0 aliphatic heterocycles. The van der Waals surface area contributed by atoms with Crippen LogP contribution in [0, 0.1) is 0 Å². The van der Waals surface area contributed by atoms with Crippen LogP contribution >= 0.6 is 12.2 Å². The van der Waals surface area contributed by atoms with Crippen LogP contribution in [0.1, 0.15) is 30.1 Å². The molecular formula is C13H18N2O2S. The molecule has 0 aliphatic rings. The molecule has 1 aromatic carbocycles. The highest BCUT2D eigenvalue weighted by Gasteiger charge is 2.15. The zero-order valence-corrected chi connectivity index (χ0v) is 11.4. The number of rotatable bonds is 6. The van der Waals surface area contributed by atoms with Crippen LogP contribution in [0.2, 0.25) is 0 Å². The van der Waals surface area contributed by atoms with Gasteiger partial charge in [0.2, 0.25) is 0 Å². The van der Waals surface area contributed by atoms with Crippen LogP contribution in [0.25, 0.3) is 0 Å². The Kier molecular flexibility index (Phi) is 5.58. The van der Waals surface area contributed by atoms with Crippen molar-refractivity contribution in [2.24, 2.45) is 5.73 Å². The second-order valence-electron chi connectivity index (χ2n) is 3.95. The average Bonchev–Trinajstić information content (AvgIpc) is 2.37. The maximum absolute atomic E-state index is 12.1. The monoisotopic (exact) mass is 266 g/mol. The van der Waals surface area contributed by atoms with Crippen LogP contribution in [0.3, 0.4) is 0 Å². The van der Waals surface area contributed by atoms with Crippen LogP contribution in [-0.2, 0) is 0 Å². The van der Waals surface area contributed by atoms with Gasteiger partial charge in [0, 0.05) is 12.5 Å². The molecule has 1 unspecified atom stereocenters. The van der Waals surface area contributed by atoms with Crippen molar-refractivity contribution in [2.75, 3.05) is 7.11 Å². The Labute approximate surface area is 113 Å². The maximum atomic E-state index is 12.1. The Bertz CT molecular complexity index is 435. The molecule has 3 N–H and O–H groups in total. The second-order valence-corrected chi connectivity index (χ2v) is 4.47. The summed E-state index contributed by atoms with van der Waals surface area (Å²) in [5, 5.41) is 2.90. The van der Waals surface area contributed by atoms with Gasteiger partial charge in [-0.25, -0.2) is 0 Å². The number of ether oxygens (including phenoxy) is 1. The minimum absolute atomic E-state index is 0.0417. The van der Waals surface area contributed by atoms with Crippen molar-refractivity contribution in [2.45, 2.75) is 25.8 Å². The summed E-state index contributed by atoms with van der Waals surface area (Å²) in [6, 6.07) is 7.05. The second kappa shape index (κ2) is 6.96. The molecule has 0 bridgehead atoms. The third kappa shape index (κ3) is 4.00. The van der Waals surface area contributed by atoms with Crippen LogP contribution < -0.4 is 15.8 Å². The molecule has 0 fully saturated rings. The van der Waals surface area contributed by atoms with E-state index in [2.05, 4.69) is 5.32 Å². The Morgan fingerprint density at radius 2 is 2.17 bits per heavy atom. The first-order valence-corrected chi connectivity index (χ1v) is 6.21. The number of thiocarbonyl (C=S) groups is 1. The molecule has 0 aromatic heterocycles. The zero-order valence-electron chi connectivity index (χ0n) is 10.6. The number of nitrogens with one attached hydrogen (secondary N) is 1. The number of hydrogen-bond donors (Lipinski definition) is 2. The lowest BCUT2D eigenvalue weighted by molar-refractivity contribution is 0.0934. The minimum Gasteiger partial charge on any atom is -0.496 e. The van der Waals surface area contributed by atoms with E-state index < -0.39 is 0 Å². The Hall–Kier alpha value is -1.62. The molecular weight excluding hydrogens is 248 g/mol. The fourth-order valence-corrected chi connectivity index (χ4v) is 1.84. The molecule has 4 nitrogen and oxygen atoms in total. The number of amides is 1. The van der Waals surface area contributed by atoms with E-state index in [-0.39, 0.29) is 11.9 Å². The van der Waals surface area contributed by atoms with Crippen LogP contribution in [0.4, 0.5) is 0 Å². The summed E-state index contributed by atoms with van der Waals surface area (Å²) in [7, 11) is 1.54. The number of para-hydroxylation sites is 1. The first-order valence-electron chi connectivity index (χ1n) is 5.80. The Morgan fingerprint density at radius 1 is 1.50 bits per heavy atom. The van der Waals surface area contributed by atoms with Gasteiger partial charge in [0.1, 0.15) is 5.75 Å². The smallest absolute Gasteiger partial charge is 0.255 e. The largest absolute Gasteiger partial charge is 0.496 e. The van der Waals surface area contributed by atoms with E-state index in [1.54, 1.807) is 25.3 Å². The fourth-order valence-electron chi connectivity index (χ4n) is 1.64. The van der Waals surface area contributed by atoms with E-state index >= 15 is 0 Å². The Morgan fingerprint density at radius 3 is 2.72 bits per heavy atom. The number of hydrogen-bond acceptors (Lipinski definition) is 3. The van der Waals surface area contributed by atoms with Gasteiger partial charge < -0.3 is 15.8 Å². The van der Waals surface area contributed by atoms with E-state index in [4.69, 9.17) is 22.7 Å². The number of nitrogens with two attached hydrogens (primary N) is 1. The first kappa shape index (κ1) is 14.4. The minimum atomic E-state index is -0.171. The Balaban J connectivity index is 2.77. The van der Waals surface area contributed by atoms with Crippen molar-refractivity contribution in [1.29, 1.82) is 0 Å². The molecule has 18 heavy (non-hydrogen) atoms. The van der Waals surface area contributed by atoms with Gasteiger partial charge in [-0.1, -0.05) is 31.3 Å². The molecule has 0 saturated heterocycles. The molecule has 0 radical (unpaired) electrons. The molecule has 1 amide bonds. The van der Waals surface area contributed by atoms with E-state index in [0.29, 0.717) is 22.7 Å². The SMILES string of the molecule is CCC(CC(N)=S)NC(=O)c1ccccc1OC. The lowest BCUT2D eigenvalue weighted by atomic mass is 10.1. The normalized spacial score (nSPS) is 11.7. The summed E-state index contributed by atoms with van der Waals surface area (Å²) in [4.78, 5) is 12.5. The van der Waals surface area contributed by atoms with Gasteiger partial charge >= 0.3 is 0 Å². The van der Waals surface area contributed by atoms with E-state index in [1.165, 1.54) is 0 Å². The number of methoxy groups -OCH3 is 1. The van der Waals surface area contributed by atoms with E-state index in [1.807, 2.05) is 13.0 Å². The first-order chi connectivity index (χ1) is 8.58. The predicted octanol–water partition coefficient (Wildman–Crippen LogP) is 1.88. The van der Waals surface area contributed by atoms with Crippen molar-refractivity contribution in [3.63, 3.8) is 0 Å². The number of benzene rings is 1. The number of carbonyl (C=O) groups excluding carboxylic acids is 1. The molecule has 98 valence electrons. The summed E-state index contributed by atoms with van der Waals surface area (Å²) in [6.07, 6.45) is 1.28. The average molecular weight is 266 g/mol. The highest BCUT2D eigenvalue weighted by Crippen LogP contribution is 2.17. The van der Waals surface area contributed by atoms with Gasteiger partial charge in [0.25, 0.3) is 5.91 Å². The molecule has 0 heterocycles. The summed E-state index contributed by atoms with van der Waals surface area (Å²) < 4.78 is 5.15. The molecule has 1 atom stereocenters. The highest BCUT2D eigenvalue weighted by atomic mass is 32.1. The van der Waals surface area contributed by atoms with Gasteiger partial charge in [0.05, 0.1) is 17.7 Å². The quantitative estimate of drug-likeness (QED) is 0.772. The van der Waals surface area contributed by atoms with E-state index in [9.17, 15) is 4.79 Å². The molecule has 1 aromatic rings. The van der Waals surface area contributed by atoms with Gasteiger partial charge in [0.15, 0.2) is 0 Å².